The number of hydrogen-bond donors (Lipinski definition) is 2. The predicted octanol–water partition coefficient (Wildman–Crippen LogP) is 0.528. The summed E-state index contributed by atoms with van der Waals surface area (Å²) in [5.74, 6) is 0. The Kier molecular flexibility index (Phi) is 7.09. The largest absolute Gasteiger partial charge is 0.388 e. The summed E-state index contributed by atoms with van der Waals surface area (Å²) >= 11 is 0. The van der Waals surface area contributed by atoms with Crippen LogP contribution in [0.3, 0.4) is 0 Å². The molecule has 4 heteroatoms. The van der Waals surface area contributed by atoms with E-state index in [1.54, 1.807) is 7.11 Å². The van der Waals surface area contributed by atoms with E-state index in [1.165, 1.54) is 0 Å². The van der Waals surface area contributed by atoms with Gasteiger partial charge in [-0.05, 0) is 12.8 Å². The van der Waals surface area contributed by atoms with Gasteiger partial charge in [-0.3, -0.25) is 0 Å². The summed E-state index contributed by atoms with van der Waals surface area (Å²) in [5.41, 5.74) is 5.37. The molecule has 86 valence electrons. The van der Waals surface area contributed by atoms with E-state index in [-0.39, 0.29) is 12.2 Å². The summed E-state index contributed by atoms with van der Waals surface area (Å²) < 4.78 is 10.4. The third kappa shape index (κ3) is 4.37. The molecule has 1 atom stereocenters. The molecule has 0 heterocycles. The monoisotopic (exact) mass is 205 g/mol. The third-order valence-corrected chi connectivity index (χ3v) is 2.60. The molecule has 1 unspecified atom stereocenters. The summed E-state index contributed by atoms with van der Waals surface area (Å²) in [7, 11) is 1.55. The average molecular weight is 205 g/mol. The highest BCUT2D eigenvalue weighted by molar-refractivity contribution is 4.79. The fourth-order valence-corrected chi connectivity index (χ4v) is 1.32. The van der Waals surface area contributed by atoms with E-state index in [0.717, 1.165) is 12.8 Å². The van der Waals surface area contributed by atoms with Gasteiger partial charge in [0.1, 0.15) is 6.10 Å². The summed E-state index contributed by atoms with van der Waals surface area (Å²) in [6, 6.07) is 0. The van der Waals surface area contributed by atoms with Gasteiger partial charge in [0.05, 0.1) is 18.8 Å². The van der Waals surface area contributed by atoms with Gasteiger partial charge in [0.2, 0.25) is 0 Å². The second-order valence-corrected chi connectivity index (χ2v) is 3.51. The van der Waals surface area contributed by atoms with Crippen molar-refractivity contribution in [2.45, 2.75) is 38.4 Å². The molecule has 0 aliphatic carbocycles. The lowest BCUT2D eigenvalue weighted by atomic mass is 9.97. The third-order valence-electron chi connectivity index (χ3n) is 2.60. The van der Waals surface area contributed by atoms with Gasteiger partial charge in [0.15, 0.2) is 0 Å². The first-order valence-corrected chi connectivity index (χ1v) is 5.15. The Morgan fingerprint density at radius 2 is 1.86 bits per heavy atom. The quantitative estimate of drug-likeness (QED) is 0.606. The zero-order valence-corrected chi connectivity index (χ0v) is 9.45. The summed E-state index contributed by atoms with van der Waals surface area (Å²) in [6.45, 7) is 5.15. The molecule has 0 saturated heterocycles. The smallest absolute Gasteiger partial charge is 0.101 e. The van der Waals surface area contributed by atoms with E-state index in [9.17, 15) is 5.11 Å². The lowest BCUT2D eigenvalue weighted by Gasteiger charge is -2.31. The minimum Gasteiger partial charge on any atom is -0.388 e. The summed E-state index contributed by atoms with van der Waals surface area (Å²) in [4.78, 5) is 0. The fourth-order valence-electron chi connectivity index (χ4n) is 1.32. The zero-order chi connectivity index (χ0) is 11.0. The fraction of sp³-hybridized carbons (Fsp3) is 1.00. The lowest BCUT2D eigenvalue weighted by Crippen LogP contribution is -2.42. The van der Waals surface area contributed by atoms with Gasteiger partial charge in [0.25, 0.3) is 0 Å². The molecule has 0 rings (SSSR count). The molecule has 14 heavy (non-hydrogen) atoms. The van der Waals surface area contributed by atoms with Crippen LogP contribution in [0.25, 0.3) is 0 Å². The highest BCUT2D eigenvalue weighted by Gasteiger charge is 2.25. The highest BCUT2D eigenvalue weighted by atomic mass is 16.5. The standard InChI is InChI=1S/C10H23NO3/c1-4-10(5-2,8-11)14-7-9(12)6-13-3/h9,12H,4-8,11H2,1-3H3. The molecule has 0 aliphatic heterocycles. The van der Waals surface area contributed by atoms with Crippen LogP contribution in [0.4, 0.5) is 0 Å². The van der Waals surface area contributed by atoms with Gasteiger partial charge in [-0.15, -0.1) is 0 Å². The highest BCUT2D eigenvalue weighted by Crippen LogP contribution is 2.18. The van der Waals surface area contributed by atoms with Crippen LogP contribution < -0.4 is 5.73 Å². The van der Waals surface area contributed by atoms with Gasteiger partial charge >= 0.3 is 0 Å². The van der Waals surface area contributed by atoms with Gasteiger partial charge < -0.3 is 20.3 Å². The molecule has 0 radical (unpaired) electrons. The molecule has 0 aromatic rings. The van der Waals surface area contributed by atoms with Crippen LogP contribution in [0.15, 0.2) is 0 Å². The van der Waals surface area contributed by atoms with Crippen molar-refractivity contribution >= 4 is 0 Å². The molecule has 0 aliphatic rings. The Morgan fingerprint density at radius 1 is 1.29 bits per heavy atom. The van der Waals surface area contributed by atoms with Crippen LogP contribution in [0.2, 0.25) is 0 Å². The van der Waals surface area contributed by atoms with Crippen molar-refractivity contribution in [2.24, 2.45) is 5.73 Å². The first kappa shape index (κ1) is 13.8. The number of methoxy groups -OCH3 is 1. The Morgan fingerprint density at radius 3 is 2.21 bits per heavy atom. The molecule has 0 aromatic heterocycles. The molecule has 0 spiro atoms. The van der Waals surface area contributed by atoms with Crippen LogP contribution in [-0.4, -0.2) is 43.7 Å². The zero-order valence-electron chi connectivity index (χ0n) is 9.45. The maximum absolute atomic E-state index is 9.41. The Balaban J connectivity index is 3.92. The topological polar surface area (TPSA) is 64.7 Å². The number of ether oxygens (including phenoxy) is 2. The molecule has 4 nitrogen and oxygen atoms in total. The normalized spacial score (nSPS) is 14.4. The van der Waals surface area contributed by atoms with Crippen molar-refractivity contribution in [3.8, 4) is 0 Å². The van der Waals surface area contributed by atoms with Crippen LogP contribution in [-0.2, 0) is 9.47 Å². The van der Waals surface area contributed by atoms with E-state index < -0.39 is 6.10 Å². The molecule has 0 amide bonds. The SMILES string of the molecule is CCC(CC)(CN)OCC(O)COC. The minimum absolute atomic E-state index is 0.283. The first-order valence-electron chi connectivity index (χ1n) is 5.15. The molecule has 3 N–H and O–H groups in total. The molecular formula is C10H23NO3. The van der Waals surface area contributed by atoms with Gasteiger partial charge in [0, 0.05) is 13.7 Å². The second-order valence-electron chi connectivity index (χ2n) is 3.51. The van der Waals surface area contributed by atoms with Crippen LogP contribution >= 0.6 is 0 Å². The molecule has 0 fully saturated rings. The summed E-state index contributed by atoms with van der Waals surface area (Å²) in [6.07, 6.45) is 1.16. The Hall–Kier alpha value is -0.160. The molecular weight excluding hydrogens is 182 g/mol. The van der Waals surface area contributed by atoms with Gasteiger partial charge in [-0.1, -0.05) is 13.8 Å². The maximum Gasteiger partial charge on any atom is 0.101 e. The number of rotatable bonds is 8. The maximum atomic E-state index is 9.41. The van der Waals surface area contributed by atoms with Crippen molar-refractivity contribution < 1.29 is 14.6 Å². The van der Waals surface area contributed by atoms with Crippen LogP contribution in [0.1, 0.15) is 26.7 Å². The van der Waals surface area contributed by atoms with E-state index in [4.69, 9.17) is 15.2 Å². The molecule has 0 saturated carbocycles. The lowest BCUT2D eigenvalue weighted by molar-refractivity contribution is -0.0911. The predicted molar refractivity (Wildman–Crippen MR) is 56.2 cm³/mol. The van der Waals surface area contributed by atoms with Crippen molar-refractivity contribution in [1.29, 1.82) is 0 Å². The van der Waals surface area contributed by atoms with Crippen LogP contribution in [0.5, 0.6) is 0 Å². The second kappa shape index (κ2) is 7.17. The number of hydrogen-bond acceptors (Lipinski definition) is 4. The van der Waals surface area contributed by atoms with E-state index in [2.05, 4.69) is 0 Å². The summed E-state index contributed by atoms with van der Waals surface area (Å²) in [5, 5.41) is 9.41. The van der Waals surface area contributed by atoms with Crippen LogP contribution in [0, 0.1) is 0 Å². The van der Waals surface area contributed by atoms with E-state index in [0.29, 0.717) is 13.2 Å². The van der Waals surface area contributed by atoms with Crippen molar-refractivity contribution in [1.82, 2.24) is 0 Å². The van der Waals surface area contributed by atoms with Crippen molar-refractivity contribution in [2.75, 3.05) is 26.9 Å². The minimum atomic E-state index is -0.566. The first-order chi connectivity index (χ1) is 6.64. The average Bonchev–Trinajstić information content (AvgIpc) is 2.21. The van der Waals surface area contributed by atoms with E-state index >= 15 is 0 Å². The Labute approximate surface area is 86.4 Å². The van der Waals surface area contributed by atoms with Gasteiger partial charge in [-0.25, -0.2) is 0 Å². The van der Waals surface area contributed by atoms with Gasteiger partial charge in [-0.2, -0.15) is 0 Å². The van der Waals surface area contributed by atoms with Crippen molar-refractivity contribution in [3.63, 3.8) is 0 Å². The van der Waals surface area contributed by atoms with Crippen molar-refractivity contribution in [3.05, 3.63) is 0 Å². The molecule has 0 bridgehead atoms. The Bertz CT molecular complexity index is 129. The number of aliphatic hydroxyl groups is 1. The molecule has 0 aromatic carbocycles. The number of aliphatic hydroxyl groups excluding tert-OH is 1. The van der Waals surface area contributed by atoms with E-state index in [1.807, 2.05) is 13.8 Å². The number of nitrogens with two attached hydrogens (primary N) is 1.